The zero-order chi connectivity index (χ0) is 20.0. The molecular formula is C26H23NO2. The highest BCUT2D eigenvalue weighted by Gasteiger charge is 2.48. The van der Waals surface area contributed by atoms with Crippen LogP contribution in [0.4, 0.5) is 0 Å². The van der Waals surface area contributed by atoms with Gasteiger partial charge in [0.15, 0.2) is 0 Å². The first-order valence-corrected chi connectivity index (χ1v) is 10.0. The van der Waals surface area contributed by atoms with Gasteiger partial charge >= 0.3 is 0 Å². The molecule has 3 aromatic carbocycles. The van der Waals surface area contributed by atoms with Gasteiger partial charge in [0.25, 0.3) is 0 Å². The number of fused-ring (bicyclic) bond motifs is 2. The fourth-order valence-electron chi connectivity index (χ4n) is 5.01. The van der Waals surface area contributed by atoms with Crippen molar-refractivity contribution in [1.29, 1.82) is 0 Å². The summed E-state index contributed by atoms with van der Waals surface area (Å²) in [6.07, 6.45) is 4.08. The van der Waals surface area contributed by atoms with Crippen molar-refractivity contribution >= 4 is 12.0 Å². The molecule has 144 valence electrons. The number of hydrogen-bond acceptors (Lipinski definition) is 2. The van der Waals surface area contributed by atoms with E-state index in [2.05, 4.69) is 36.4 Å². The monoisotopic (exact) mass is 381 g/mol. The Balaban J connectivity index is 1.57. The van der Waals surface area contributed by atoms with Crippen molar-refractivity contribution < 1.29 is 9.90 Å². The smallest absolute Gasteiger partial charge is 0.248 e. The van der Waals surface area contributed by atoms with E-state index in [1.165, 1.54) is 22.3 Å². The van der Waals surface area contributed by atoms with Gasteiger partial charge in [0.1, 0.15) is 0 Å². The van der Waals surface area contributed by atoms with Gasteiger partial charge in [0.2, 0.25) is 5.91 Å². The standard InChI is InChI=1S/C26H23NO2/c27-25(29)18-11-9-17(10-12-18)15-26(16-21-7-3-4-8-23(21)24(26)28)22-13-19-5-1-2-6-20(19)14-22/h1-13,24,28H,14-16H2,(H2,27,29)/t24-,26+/m0/s1. The molecule has 3 nitrogen and oxygen atoms in total. The Morgan fingerprint density at radius 3 is 2.34 bits per heavy atom. The molecule has 0 saturated carbocycles. The maximum absolute atomic E-state index is 11.5. The molecular weight excluding hydrogens is 358 g/mol. The van der Waals surface area contributed by atoms with Crippen molar-refractivity contribution in [2.24, 2.45) is 11.1 Å². The second kappa shape index (κ2) is 6.71. The summed E-state index contributed by atoms with van der Waals surface area (Å²) in [6, 6.07) is 24.1. The second-order valence-corrected chi connectivity index (χ2v) is 8.22. The van der Waals surface area contributed by atoms with Gasteiger partial charge in [-0.05, 0) is 59.2 Å². The van der Waals surface area contributed by atoms with Crippen LogP contribution in [0.5, 0.6) is 0 Å². The zero-order valence-corrected chi connectivity index (χ0v) is 16.1. The van der Waals surface area contributed by atoms with Gasteiger partial charge in [-0.1, -0.05) is 72.3 Å². The quantitative estimate of drug-likeness (QED) is 0.710. The van der Waals surface area contributed by atoms with E-state index in [9.17, 15) is 9.90 Å². The van der Waals surface area contributed by atoms with Crippen LogP contribution >= 0.6 is 0 Å². The van der Waals surface area contributed by atoms with Crippen molar-refractivity contribution in [2.75, 3.05) is 0 Å². The van der Waals surface area contributed by atoms with E-state index in [4.69, 9.17) is 5.73 Å². The molecule has 0 bridgehead atoms. The van der Waals surface area contributed by atoms with Gasteiger partial charge in [0, 0.05) is 11.0 Å². The SMILES string of the molecule is NC(=O)c1ccc(C[C@]2(C3=Cc4ccccc4C3)Cc3ccccc3[C@@H]2O)cc1. The van der Waals surface area contributed by atoms with Crippen molar-refractivity contribution in [3.8, 4) is 0 Å². The molecule has 0 radical (unpaired) electrons. The first-order chi connectivity index (χ1) is 14.1. The van der Waals surface area contributed by atoms with Crippen LogP contribution in [-0.4, -0.2) is 11.0 Å². The van der Waals surface area contributed by atoms with Crippen molar-refractivity contribution in [3.05, 3.63) is 112 Å². The molecule has 3 aromatic rings. The minimum atomic E-state index is -0.560. The molecule has 0 spiro atoms. The summed E-state index contributed by atoms with van der Waals surface area (Å²) in [5, 5.41) is 11.5. The number of aliphatic hydroxyl groups is 1. The molecule has 3 N–H and O–H groups in total. The fourth-order valence-corrected chi connectivity index (χ4v) is 5.01. The highest BCUT2D eigenvalue weighted by atomic mass is 16.3. The predicted molar refractivity (Wildman–Crippen MR) is 114 cm³/mol. The Morgan fingerprint density at radius 1 is 0.966 bits per heavy atom. The third-order valence-electron chi connectivity index (χ3n) is 6.54. The molecule has 0 heterocycles. The summed E-state index contributed by atoms with van der Waals surface area (Å²) in [6.45, 7) is 0. The molecule has 3 heteroatoms. The number of hydrogen-bond donors (Lipinski definition) is 2. The molecule has 0 fully saturated rings. The maximum atomic E-state index is 11.5. The number of rotatable bonds is 4. The lowest BCUT2D eigenvalue weighted by atomic mass is 9.70. The number of carbonyl (C=O) groups excluding carboxylic acids is 1. The number of primary amides is 1. The number of aliphatic hydroxyl groups excluding tert-OH is 1. The average Bonchev–Trinajstić information content (AvgIpc) is 3.29. The Hall–Kier alpha value is -3.17. The molecule has 29 heavy (non-hydrogen) atoms. The fraction of sp³-hybridized carbons (Fsp3) is 0.192. The van der Waals surface area contributed by atoms with Crippen molar-refractivity contribution in [2.45, 2.75) is 25.4 Å². The van der Waals surface area contributed by atoms with Crippen molar-refractivity contribution in [1.82, 2.24) is 0 Å². The lowest BCUT2D eigenvalue weighted by molar-refractivity contribution is 0.0651. The molecule has 5 rings (SSSR count). The van der Waals surface area contributed by atoms with Crippen LogP contribution in [0.15, 0.2) is 78.4 Å². The summed E-state index contributed by atoms with van der Waals surface area (Å²) in [5.74, 6) is -0.423. The minimum absolute atomic E-state index is 0.392. The lowest BCUT2D eigenvalue weighted by Crippen LogP contribution is -2.31. The second-order valence-electron chi connectivity index (χ2n) is 8.22. The Morgan fingerprint density at radius 2 is 1.66 bits per heavy atom. The Labute approximate surface area is 170 Å². The van der Waals surface area contributed by atoms with Crippen LogP contribution in [-0.2, 0) is 19.3 Å². The Bertz CT molecular complexity index is 1130. The van der Waals surface area contributed by atoms with Crippen molar-refractivity contribution in [3.63, 3.8) is 0 Å². The number of carbonyl (C=O) groups is 1. The van der Waals surface area contributed by atoms with E-state index in [0.717, 1.165) is 24.0 Å². The van der Waals surface area contributed by atoms with E-state index in [1.54, 1.807) is 12.1 Å². The van der Waals surface area contributed by atoms with Gasteiger partial charge in [0.05, 0.1) is 6.10 Å². The largest absolute Gasteiger partial charge is 0.387 e. The summed E-state index contributed by atoms with van der Waals surface area (Å²) >= 11 is 0. The first kappa shape index (κ1) is 17.9. The van der Waals surface area contributed by atoms with E-state index in [-0.39, 0.29) is 0 Å². The van der Waals surface area contributed by atoms with Crippen LogP contribution < -0.4 is 5.73 Å². The number of amides is 1. The van der Waals surface area contributed by atoms with Gasteiger partial charge in [-0.3, -0.25) is 4.79 Å². The molecule has 2 aliphatic rings. The number of nitrogens with two attached hydrogens (primary N) is 1. The first-order valence-electron chi connectivity index (χ1n) is 10.0. The molecule has 0 unspecified atom stereocenters. The normalized spacial score (nSPS) is 22.1. The minimum Gasteiger partial charge on any atom is -0.387 e. The maximum Gasteiger partial charge on any atom is 0.248 e. The van der Waals surface area contributed by atoms with Gasteiger partial charge in [-0.15, -0.1) is 0 Å². The van der Waals surface area contributed by atoms with Crippen LogP contribution in [0.1, 0.15) is 44.3 Å². The van der Waals surface area contributed by atoms with E-state index in [1.807, 2.05) is 30.3 Å². The molecule has 0 saturated heterocycles. The summed E-state index contributed by atoms with van der Waals surface area (Å²) in [7, 11) is 0. The van der Waals surface area contributed by atoms with E-state index < -0.39 is 17.4 Å². The summed E-state index contributed by atoms with van der Waals surface area (Å²) in [4.78, 5) is 11.4. The average molecular weight is 381 g/mol. The molecule has 2 atom stereocenters. The topological polar surface area (TPSA) is 63.3 Å². The molecule has 1 amide bonds. The highest BCUT2D eigenvalue weighted by Crippen LogP contribution is 2.54. The van der Waals surface area contributed by atoms with Gasteiger partial charge in [-0.2, -0.15) is 0 Å². The molecule has 0 aliphatic heterocycles. The zero-order valence-electron chi connectivity index (χ0n) is 16.1. The van der Waals surface area contributed by atoms with Crippen LogP contribution in [0.2, 0.25) is 0 Å². The van der Waals surface area contributed by atoms with E-state index in [0.29, 0.717) is 12.0 Å². The molecule has 0 aromatic heterocycles. The van der Waals surface area contributed by atoms with Crippen LogP contribution in [0.25, 0.3) is 6.08 Å². The summed E-state index contributed by atoms with van der Waals surface area (Å²) < 4.78 is 0. The van der Waals surface area contributed by atoms with Gasteiger partial charge < -0.3 is 10.8 Å². The molecule has 2 aliphatic carbocycles. The van der Waals surface area contributed by atoms with E-state index >= 15 is 0 Å². The third-order valence-corrected chi connectivity index (χ3v) is 6.54. The third kappa shape index (κ3) is 2.90. The predicted octanol–water partition coefficient (Wildman–Crippen LogP) is 4.24. The van der Waals surface area contributed by atoms with Crippen LogP contribution in [0.3, 0.4) is 0 Å². The van der Waals surface area contributed by atoms with Gasteiger partial charge in [-0.25, -0.2) is 0 Å². The number of benzene rings is 3. The van der Waals surface area contributed by atoms with Crippen LogP contribution in [0, 0.1) is 5.41 Å². The highest BCUT2D eigenvalue weighted by molar-refractivity contribution is 5.92. The summed E-state index contributed by atoms with van der Waals surface area (Å²) in [5.41, 5.74) is 12.7. The lowest BCUT2D eigenvalue weighted by Gasteiger charge is -2.35. The Kier molecular flexibility index (Phi) is 4.14.